The van der Waals surface area contributed by atoms with Crippen molar-refractivity contribution in [1.29, 1.82) is 0 Å². The first-order valence-electron chi connectivity index (χ1n) is 9.43. The lowest BCUT2D eigenvalue weighted by molar-refractivity contribution is -0.122. The number of carbonyl (C=O) groups is 1. The third-order valence-corrected chi connectivity index (χ3v) is 5.98. The number of hydrogen-bond acceptors (Lipinski definition) is 3. The van der Waals surface area contributed by atoms with Crippen LogP contribution in [-0.4, -0.2) is 25.5 Å². The van der Waals surface area contributed by atoms with E-state index in [1.165, 1.54) is 32.1 Å². The molecule has 2 fully saturated rings. The van der Waals surface area contributed by atoms with E-state index < -0.39 is 0 Å². The Balaban J connectivity index is 1.48. The monoisotopic (exact) mass is 341 g/mol. The summed E-state index contributed by atoms with van der Waals surface area (Å²) in [6.45, 7) is 0. The summed E-state index contributed by atoms with van der Waals surface area (Å²) in [5, 5.41) is 11.9. The molecule has 2 saturated carbocycles. The third kappa shape index (κ3) is 3.34. The highest BCUT2D eigenvalue weighted by molar-refractivity contribution is 5.95. The van der Waals surface area contributed by atoms with Crippen LogP contribution >= 0.6 is 0 Å². The number of hydrogen-bond donors (Lipinski definition) is 1. The highest BCUT2D eigenvalue weighted by Crippen LogP contribution is 2.43. The highest BCUT2D eigenvalue weighted by atomic mass is 16.1. The van der Waals surface area contributed by atoms with Gasteiger partial charge in [-0.05, 0) is 31.1 Å². The second-order valence-corrected chi connectivity index (χ2v) is 7.77. The van der Waals surface area contributed by atoms with E-state index in [-0.39, 0.29) is 11.8 Å². The maximum absolute atomic E-state index is 12.9. The average molecular weight is 341 g/mol. The number of nitrogens with one attached hydrogen (secondary N) is 1. The van der Waals surface area contributed by atoms with Crippen LogP contribution in [0.2, 0.25) is 0 Å². The normalized spacial score (nSPS) is 26.2. The molecule has 1 N–H and O–H groups in total. The fourth-order valence-corrected chi connectivity index (χ4v) is 4.68. The Morgan fingerprint density at radius 2 is 1.88 bits per heavy atom. The van der Waals surface area contributed by atoms with Crippen molar-refractivity contribution in [2.45, 2.75) is 44.9 Å². The van der Waals surface area contributed by atoms with Gasteiger partial charge in [0.05, 0.1) is 11.9 Å². The molecular weight excluding hydrogens is 314 g/mol. The van der Waals surface area contributed by atoms with Gasteiger partial charge >= 0.3 is 0 Å². The van der Waals surface area contributed by atoms with Crippen molar-refractivity contribution in [3.8, 4) is 11.3 Å². The number of fused-ring (bicyclic) bond motifs is 1. The fraction of sp³-hybridized carbons (Fsp3) is 0.632. The lowest BCUT2D eigenvalue weighted by Gasteiger charge is -2.38. The van der Waals surface area contributed by atoms with Gasteiger partial charge in [-0.3, -0.25) is 14.2 Å². The Morgan fingerprint density at radius 1 is 1.08 bits per heavy atom. The molecule has 0 aliphatic heterocycles. The Hall–Kier alpha value is -2.11. The van der Waals surface area contributed by atoms with Crippen LogP contribution in [0.5, 0.6) is 0 Å². The number of carbonyl (C=O) groups excluding carboxylic acids is 1. The van der Waals surface area contributed by atoms with E-state index in [4.69, 9.17) is 0 Å². The maximum atomic E-state index is 12.9. The van der Waals surface area contributed by atoms with Crippen LogP contribution in [0.15, 0.2) is 18.6 Å². The van der Waals surface area contributed by atoms with Crippen molar-refractivity contribution in [2.24, 2.45) is 31.8 Å². The quantitative estimate of drug-likeness (QED) is 0.931. The number of aryl methyl sites for hydroxylation is 2. The van der Waals surface area contributed by atoms with E-state index in [9.17, 15) is 4.79 Å². The molecule has 0 radical (unpaired) electrons. The summed E-state index contributed by atoms with van der Waals surface area (Å²) in [5.74, 6) is 1.91. The van der Waals surface area contributed by atoms with Gasteiger partial charge in [-0.1, -0.05) is 25.7 Å². The second-order valence-electron chi connectivity index (χ2n) is 7.77. The van der Waals surface area contributed by atoms with Crippen molar-refractivity contribution >= 4 is 11.6 Å². The van der Waals surface area contributed by atoms with E-state index in [1.54, 1.807) is 15.6 Å². The molecule has 0 bridgehead atoms. The Bertz CT molecular complexity index is 762. The summed E-state index contributed by atoms with van der Waals surface area (Å²) in [5.41, 5.74) is 2.50. The van der Waals surface area contributed by atoms with Gasteiger partial charge in [-0.25, -0.2) is 0 Å². The standard InChI is InChI=1S/C19H27N5O/c1-23-11-16(10-20-23)18-17(12-24(2)22-18)21-19(25)15-8-7-13-5-3-4-6-14(13)9-15/h10-15H,3-9H2,1-2H3,(H,21,25)/t13-,14+,15+/m0/s1. The molecule has 0 spiro atoms. The second kappa shape index (κ2) is 6.65. The molecule has 6 heteroatoms. The van der Waals surface area contributed by atoms with Gasteiger partial charge in [-0.15, -0.1) is 0 Å². The first-order chi connectivity index (χ1) is 12.1. The summed E-state index contributed by atoms with van der Waals surface area (Å²) in [6, 6.07) is 0. The van der Waals surface area contributed by atoms with E-state index in [1.807, 2.05) is 26.5 Å². The van der Waals surface area contributed by atoms with Crippen LogP contribution in [0.1, 0.15) is 44.9 Å². The average Bonchev–Trinajstić information content (AvgIpc) is 3.19. The molecule has 2 aromatic heterocycles. The van der Waals surface area contributed by atoms with Gasteiger partial charge in [0.15, 0.2) is 0 Å². The van der Waals surface area contributed by atoms with Crippen LogP contribution in [0.3, 0.4) is 0 Å². The largest absolute Gasteiger partial charge is 0.323 e. The summed E-state index contributed by atoms with van der Waals surface area (Å²) in [6.07, 6.45) is 14.3. The summed E-state index contributed by atoms with van der Waals surface area (Å²) < 4.78 is 3.50. The Kier molecular flexibility index (Phi) is 4.36. The van der Waals surface area contributed by atoms with Crippen molar-refractivity contribution in [2.75, 3.05) is 5.32 Å². The molecule has 3 atom stereocenters. The maximum Gasteiger partial charge on any atom is 0.227 e. The summed E-state index contributed by atoms with van der Waals surface area (Å²) in [7, 11) is 3.76. The van der Waals surface area contributed by atoms with Crippen LogP contribution in [0.25, 0.3) is 11.3 Å². The fourth-order valence-electron chi connectivity index (χ4n) is 4.68. The molecule has 134 valence electrons. The van der Waals surface area contributed by atoms with E-state index in [2.05, 4.69) is 15.5 Å². The lowest BCUT2D eigenvalue weighted by atomic mass is 9.67. The topological polar surface area (TPSA) is 64.7 Å². The van der Waals surface area contributed by atoms with Crippen molar-refractivity contribution in [3.05, 3.63) is 18.6 Å². The third-order valence-electron chi connectivity index (χ3n) is 5.98. The molecule has 2 aliphatic carbocycles. The molecule has 0 saturated heterocycles. The zero-order valence-electron chi connectivity index (χ0n) is 15.1. The molecule has 6 nitrogen and oxygen atoms in total. The Morgan fingerprint density at radius 3 is 2.64 bits per heavy atom. The molecule has 25 heavy (non-hydrogen) atoms. The van der Waals surface area contributed by atoms with Crippen molar-refractivity contribution in [1.82, 2.24) is 19.6 Å². The SMILES string of the molecule is Cn1cc(-c2nn(C)cc2NC(=O)[C@@H]2CC[C@@H]3CCCC[C@@H]3C2)cn1. The van der Waals surface area contributed by atoms with Gasteiger partial charge in [0.25, 0.3) is 0 Å². The minimum atomic E-state index is 0.140. The van der Waals surface area contributed by atoms with Crippen LogP contribution < -0.4 is 5.32 Å². The van der Waals surface area contributed by atoms with Crippen molar-refractivity contribution in [3.63, 3.8) is 0 Å². The van der Waals surface area contributed by atoms with E-state index in [0.29, 0.717) is 0 Å². The smallest absolute Gasteiger partial charge is 0.227 e. The molecule has 4 rings (SSSR count). The minimum Gasteiger partial charge on any atom is -0.323 e. The van der Waals surface area contributed by atoms with Gasteiger partial charge in [-0.2, -0.15) is 10.2 Å². The predicted molar refractivity (Wildman–Crippen MR) is 96.8 cm³/mol. The molecule has 2 aromatic rings. The highest BCUT2D eigenvalue weighted by Gasteiger charge is 2.35. The first kappa shape index (κ1) is 16.4. The zero-order chi connectivity index (χ0) is 17.4. The van der Waals surface area contributed by atoms with Crippen LogP contribution in [-0.2, 0) is 18.9 Å². The summed E-state index contributed by atoms with van der Waals surface area (Å²) in [4.78, 5) is 12.9. The van der Waals surface area contributed by atoms with Crippen LogP contribution in [0.4, 0.5) is 5.69 Å². The molecular formula is C19H27N5O. The lowest BCUT2D eigenvalue weighted by Crippen LogP contribution is -2.33. The number of aromatic nitrogens is 4. The van der Waals surface area contributed by atoms with Crippen molar-refractivity contribution < 1.29 is 4.79 Å². The van der Waals surface area contributed by atoms with Gasteiger partial charge in [0, 0.05) is 38.0 Å². The number of nitrogens with zero attached hydrogens (tertiary/aromatic N) is 4. The minimum absolute atomic E-state index is 0.140. The molecule has 1 amide bonds. The van der Waals surface area contributed by atoms with Gasteiger partial charge in [0.1, 0.15) is 5.69 Å². The van der Waals surface area contributed by atoms with Gasteiger partial charge < -0.3 is 5.32 Å². The molecule has 2 heterocycles. The van der Waals surface area contributed by atoms with E-state index in [0.717, 1.165) is 41.6 Å². The summed E-state index contributed by atoms with van der Waals surface area (Å²) >= 11 is 0. The molecule has 0 aromatic carbocycles. The number of amides is 1. The molecule has 2 aliphatic rings. The number of anilines is 1. The van der Waals surface area contributed by atoms with Gasteiger partial charge in [0.2, 0.25) is 5.91 Å². The predicted octanol–water partition coefficient (Wildman–Crippen LogP) is 3.37. The first-order valence-corrected chi connectivity index (χ1v) is 9.43. The van der Waals surface area contributed by atoms with E-state index >= 15 is 0 Å². The molecule has 0 unspecified atom stereocenters. The van der Waals surface area contributed by atoms with Crippen LogP contribution in [0, 0.1) is 17.8 Å². The number of rotatable bonds is 3. The Labute approximate surface area is 148 Å². The zero-order valence-corrected chi connectivity index (χ0v) is 15.1.